The zero-order valence-electron chi connectivity index (χ0n) is 18.5. The van der Waals surface area contributed by atoms with E-state index in [1.54, 1.807) is 26.8 Å². The first-order valence-corrected chi connectivity index (χ1v) is 11.0. The smallest absolute Gasteiger partial charge is 0.327 e. The van der Waals surface area contributed by atoms with Crippen molar-refractivity contribution in [2.24, 2.45) is 0 Å². The van der Waals surface area contributed by atoms with Crippen molar-refractivity contribution < 1.29 is 29.0 Å². The summed E-state index contributed by atoms with van der Waals surface area (Å²) in [6, 6.07) is 4.52. The molecular weight excluding hydrogens is 420 g/mol. The van der Waals surface area contributed by atoms with Crippen LogP contribution in [0.4, 0.5) is 0 Å². The van der Waals surface area contributed by atoms with Crippen molar-refractivity contribution in [3.05, 3.63) is 29.3 Å². The Balaban J connectivity index is 1.86. The predicted octanol–water partition coefficient (Wildman–Crippen LogP) is 2.05. The van der Waals surface area contributed by atoms with Gasteiger partial charge in [-0.05, 0) is 52.7 Å². The van der Waals surface area contributed by atoms with E-state index in [0.29, 0.717) is 12.2 Å². The van der Waals surface area contributed by atoms with Gasteiger partial charge in [0.05, 0.1) is 0 Å². The summed E-state index contributed by atoms with van der Waals surface area (Å²) in [6.07, 6.45) is -0.583. The fourth-order valence-electron chi connectivity index (χ4n) is 4.27. The number of thioether (sulfide) groups is 1. The number of nitrogens with zero attached hydrogens (tertiary/aromatic N) is 1. The third-order valence-corrected chi connectivity index (χ3v) is 7.55. The SMILES string of the molecule is CCC(Oc1ccc(C)cc1C)C(=O)N[C@@]1(C(C)=O)C(=O)N2[C@@H](C(=O)O)C(C)(C)S[C@@H]21. The molecule has 3 rings (SSSR count). The van der Waals surface area contributed by atoms with Gasteiger partial charge in [0.15, 0.2) is 11.9 Å². The van der Waals surface area contributed by atoms with E-state index in [4.69, 9.17) is 4.74 Å². The molecule has 2 N–H and O–H groups in total. The number of benzene rings is 1. The number of aryl methyl sites for hydroxylation is 2. The van der Waals surface area contributed by atoms with Gasteiger partial charge < -0.3 is 20.1 Å². The lowest BCUT2D eigenvalue weighted by molar-refractivity contribution is -0.172. The minimum Gasteiger partial charge on any atom is -0.480 e. The number of ether oxygens (including phenoxy) is 1. The van der Waals surface area contributed by atoms with E-state index in [0.717, 1.165) is 11.1 Å². The molecule has 0 spiro atoms. The molecule has 2 fully saturated rings. The number of β-lactam (4-membered cyclic amide) rings is 1. The quantitative estimate of drug-likeness (QED) is 0.485. The van der Waals surface area contributed by atoms with E-state index >= 15 is 0 Å². The third-order valence-electron chi connectivity index (χ3n) is 5.92. The van der Waals surface area contributed by atoms with Crippen molar-refractivity contribution in [1.29, 1.82) is 0 Å². The summed E-state index contributed by atoms with van der Waals surface area (Å²) in [5.74, 6) is -2.38. The molecular formula is C22H28N2O6S. The van der Waals surface area contributed by atoms with Gasteiger partial charge in [0.25, 0.3) is 11.8 Å². The van der Waals surface area contributed by atoms with Crippen LogP contribution >= 0.6 is 11.8 Å². The number of rotatable bonds is 7. The Hall–Kier alpha value is -2.55. The molecule has 4 atom stereocenters. The summed E-state index contributed by atoms with van der Waals surface area (Å²) in [4.78, 5) is 51.8. The van der Waals surface area contributed by atoms with Crippen LogP contribution in [0, 0.1) is 13.8 Å². The lowest BCUT2D eigenvalue weighted by Gasteiger charge is -2.51. The highest BCUT2D eigenvalue weighted by Crippen LogP contribution is 2.55. The largest absolute Gasteiger partial charge is 0.480 e. The molecule has 9 heteroatoms. The number of carboxylic acids is 1. The molecule has 2 aliphatic rings. The molecule has 0 radical (unpaired) electrons. The van der Waals surface area contributed by atoms with Crippen LogP contribution in [0.2, 0.25) is 0 Å². The number of hydrogen-bond acceptors (Lipinski definition) is 6. The summed E-state index contributed by atoms with van der Waals surface area (Å²) in [5, 5.41) is 11.5. The first-order valence-electron chi connectivity index (χ1n) is 10.2. The van der Waals surface area contributed by atoms with E-state index in [9.17, 15) is 24.3 Å². The highest BCUT2D eigenvalue weighted by Gasteiger charge is 2.74. The predicted molar refractivity (Wildman–Crippen MR) is 116 cm³/mol. The summed E-state index contributed by atoms with van der Waals surface area (Å²) >= 11 is 1.21. The van der Waals surface area contributed by atoms with Crippen LogP contribution in [0.15, 0.2) is 18.2 Å². The number of nitrogens with one attached hydrogen (secondary N) is 1. The molecule has 2 heterocycles. The third kappa shape index (κ3) is 3.58. The summed E-state index contributed by atoms with van der Waals surface area (Å²) in [6.45, 7) is 10.3. The van der Waals surface area contributed by atoms with Crippen LogP contribution < -0.4 is 10.1 Å². The van der Waals surface area contributed by atoms with Crippen LogP contribution in [0.5, 0.6) is 5.75 Å². The first-order chi connectivity index (χ1) is 14.4. The fourth-order valence-corrected chi connectivity index (χ4v) is 6.02. The standard InChI is InChI=1S/C22H28N2O6S/c1-7-14(30-15-9-8-11(2)10-12(15)3)17(26)23-22(13(4)25)19(29)24-16(18(27)28)21(5,6)31-20(22)24/h8-10,14,16,20H,7H2,1-6H3,(H,23,26)(H,27,28)/t14?,16-,20+,22-/m0/s1. The van der Waals surface area contributed by atoms with E-state index in [2.05, 4.69) is 5.32 Å². The average molecular weight is 449 g/mol. The van der Waals surface area contributed by atoms with Gasteiger partial charge in [0, 0.05) is 4.75 Å². The second-order valence-electron chi connectivity index (χ2n) is 8.66. The minimum absolute atomic E-state index is 0.325. The highest BCUT2D eigenvalue weighted by atomic mass is 32.2. The topological polar surface area (TPSA) is 113 Å². The van der Waals surface area contributed by atoms with Crippen molar-refractivity contribution in [1.82, 2.24) is 10.2 Å². The molecule has 1 aromatic carbocycles. The van der Waals surface area contributed by atoms with Crippen molar-refractivity contribution >= 4 is 35.3 Å². The van der Waals surface area contributed by atoms with E-state index < -0.39 is 51.4 Å². The zero-order valence-corrected chi connectivity index (χ0v) is 19.3. The Morgan fingerprint density at radius 3 is 2.45 bits per heavy atom. The Kier molecular flexibility index (Phi) is 5.86. The number of ketones is 1. The number of carbonyl (C=O) groups is 4. The number of amides is 2. The van der Waals surface area contributed by atoms with Gasteiger partial charge in [-0.3, -0.25) is 14.4 Å². The molecule has 0 bridgehead atoms. The number of hydrogen-bond donors (Lipinski definition) is 2. The summed E-state index contributed by atoms with van der Waals surface area (Å²) < 4.78 is 5.09. The van der Waals surface area contributed by atoms with Crippen LogP contribution in [-0.4, -0.2) is 61.4 Å². The lowest BCUT2D eigenvalue weighted by Crippen LogP contribution is -2.82. The molecule has 168 valence electrons. The Morgan fingerprint density at radius 2 is 1.94 bits per heavy atom. The fraction of sp³-hybridized carbons (Fsp3) is 0.545. The van der Waals surface area contributed by atoms with Gasteiger partial charge >= 0.3 is 5.97 Å². The Labute approximate surface area is 185 Å². The number of carbonyl (C=O) groups excluding carboxylic acids is 3. The van der Waals surface area contributed by atoms with Crippen LogP contribution in [-0.2, 0) is 19.2 Å². The number of aliphatic carboxylic acids is 1. The maximum atomic E-state index is 13.1. The maximum Gasteiger partial charge on any atom is 0.327 e. The van der Waals surface area contributed by atoms with Gasteiger partial charge in [0.2, 0.25) is 5.54 Å². The van der Waals surface area contributed by atoms with Gasteiger partial charge in [-0.25, -0.2) is 4.79 Å². The van der Waals surface area contributed by atoms with Crippen LogP contribution in [0.1, 0.15) is 45.2 Å². The normalized spacial score (nSPS) is 27.2. The van der Waals surface area contributed by atoms with E-state index in [1.165, 1.54) is 23.6 Å². The molecule has 0 aliphatic carbocycles. The molecule has 2 amide bonds. The van der Waals surface area contributed by atoms with Crippen LogP contribution in [0.3, 0.4) is 0 Å². The molecule has 31 heavy (non-hydrogen) atoms. The molecule has 2 aliphatic heterocycles. The number of carboxylic acid groups (broad SMARTS) is 1. The van der Waals surface area contributed by atoms with Crippen molar-refractivity contribution in [2.45, 2.75) is 75.8 Å². The molecule has 0 saturated carbocycles. The summed E-state index contributed by atoms with van der Waals surface area (Å²) in [5.41, 5.74) is 0.144. The second-order valence-corrected chi connectivity index (χ2v) is 10.4. The first kappa shape index (κ1) is 23.1. The van der Waals surface area contributed by atoms with Gasteiger partial charge in [-0.2, -0.15) is 0 Å². The average Bonchev–Trinajstić information content (AvgIpc) is 2.93. The lowest BCUT2D eigenvalue weighted by atomic mass is 9.81. The van der Waals surface area contributed by atoms with Gasteiger partial charge in [-0.15, -0.1) is 11.8 Å². The highest BCUT2D eigenvalue weighted by molar-refractivity contribution is 8.01. The number of Topliss-reactive ketones (excluding diaryl/α,β-unsaturated/α-hetero) is 1. The molecule has 1 aromatic rings. The van der Waals surface area contributed by atoms with Crippen molar-refractivity contribution in [3.63, 3.8) is 0 Å². The minimum atomic E-state index is -1.79. The van der Waals surface area contributed by atoms with Crippen molar-refractivity contribution in [2.75, 3.05) is 0 Å². The summed E-state index contributed by atoms with van der Waals surface area (Å²) in [7, 11) is 0. The monoisotopic (exact) mass is 448 g/mol. The molecule has 2 saturated heterocycles. The Bertz CT molecular complexity index is 961. The van der Waals surface area contributed by atoms with E-state index in [-0.39, 0.29) is 0 Å². The van der Waals surface area contributed by atoms with Crippen molar-refractivity contribution in [3.8, 4) is 5.75 Å². The van der Waals surface area contributed by atoms with Gasteiger partial charge in [-0.1, -0.05) is 24.6 Å². The Morgan fingerprint density at radius 1 is 1.29 bits per heavy atom. The molecule has 8 nitrogen and oxygen atoms in total. The second kappa shape index (κ2) is 7.85. The maximum absolute atomic E-state index is 13.1. The number of fused-ring (bicyclic) bond motifs is 1. The molecule has 1 unspecified atom stereocenters. The zero-order chi connectivity index (χ0) is 23.3. The van der Waals surface area contributed by atoms with E-state index in [1.807, 2.05) is 26.0 Å². The molecule has 0 aromatic heterocycles. The van der Waals surface area contributed by atoms with Gasteiger partial charge in [0.1, 0.15) is 17.2 Å². The van der Waals surface area contributed by atoms with Crippen LogP contribution in [0.25, 0.3) is 0 Å².